The van der Waals surface area contributed by atoms with Gasteiger partial charge in [0.25, 0.3) is 5.91 Å². The molecule has 0 saturated carbocycles. The van der Waals surface area contributed by atoms with Crippen LogP contribution in [0.2, 0.25) is 0 Å². The first-order valence-electron chi connectivity index (χ1n) is 10.4. The predicted molar refractivity (Wildman–Crippen MR) is 109 cm³/mol. The van der Waals surface area contributed by atoms with Crippen molar-refractivity contribution in [1.29, 1.82) is 0 Å². The number of furan rings is 1. The quantitative estimate of drug-likeness (QED) is 0.774. The zero-order valence-corrected chi connectivity index (χ0v) is 17.0. The summed E-state index contributed by atoms with van der Waals surface area (Å²) in [6.07, 6.45) is 1.40. The number of halogens is 3. The Morgan fingerprint density at radius 2 is 1.84 bits per heavy atom. The fourth-order valence-corrected chi connectivity index (χ4v) is 4.23. The molecular weight excluding hydrogens is 411 g/mol. The maximum Gasteiger partial charge on any atom is 0.416 e. The monoisotopic (exact) mass is 435 g/mol. The number of piperidine rings is 1. The number of alkyl halides is 3. The molecule has 4 rings (SSSR count). The number of rotatable bonds is 4. The molecule has 166 valence electrons. The van der Waals surface area contributed by atoms with Crippen molar-refractivity contribution in [2.75, 3.05) is 36.4 Å². The lowest BCUT2D eigenvalue weighted by Gasteiger charge is -2.32. The van der Waals surface area contributed by atoms with Gasteiger partial charge in [-0.2, -0.15) is 13.2 Å². The molecule has 1 aromatic heterocycles. The van der Waals surface area contributed by atoms with Gasteiger partial charge >= 0.3 is 6.18 Å². The van der Waals surface area contributed by atoms with Gasteiger partial charge in [0, 0.05) is 26.2 Å². The van der Waals surface area contributed by atoms with E-state index in [-0.39, 0.29) is 24.0 Å². The van der Waals surface area contributed by atoms with Crippen molar-refractivity contribution in [1.82, 2.24) is 4.90 Å². The van der Waals surface area contributed by atoms with E-state index in [4.69, 9.17) is 4.42 Å². The Kier molecular flexibility index (Phi) is 5.93. The van der Waals surface area contributed by atoms with Gasteiger partial charge in [-0.25, -0.2) is 0 Å². The standard InChI is InChI=1S/C22H24F3N3O3/c23-22(24,25)17-5-6-19(27-8-1-2-9-27)18(12-17)26-20(29)15-4-3-10-28(13-15)21(30)16-7-11-31-14-16/h5-7,11-12,14-15H,1-4,8-10,13H2,(H,26,29). The molecule has 2 aromatic rings. The van der Waals surface area contributed by atoms with Gasteiger partial charge in [0.1, 0.15) is 6.26 Å². The average molecular weight is 435 g/mol. The van der Waals surface area contributed by atoms with Crippen LogP contribution in [0.5, 0.6) is 0 Å². The molecule has 2 fully saturated rings. The van der Waals surface area contributed by atoms with E-state index in [2.05, 4.69) is 5.32 Å². The summed E-state index contributed by atoms with van der Waals surface area (Å²) in [5.74, 6) is -1.09. The van der Waals surface area contributed by atoms with Crippen LogP contribution in [0.1, 0.15) is 41.6 Å². The van der Waals surface area contributed by atoms with Gasteiger partial charge in [-0.05, 0) is 49.9 Å². The third-order valence-electron chi connectivity index (χ3n) is 5.88. The maximum atomic E-state index is 13.3. The number of hydrogen-bond acceptors (Lipinski definition) is 4. The van der Waals surface area contributed by atoms with Crippen molar-refractivity contribution >= 4 is 23.2 Å². The molecule has 2 aliphatic heterocycles. The molecule has 2 aliphatic rings. The van der Waals surface area contributed by atoms with Crippen molar-refractivity contribution in [3.8, 4) is 0 Å². The van der Waals surface area contributed by atoms with Gasteiger partial charge in [-0.1, -0.05) is 0 Å². The summed E-state index contributed by atoms with van der Waals surface area (Å²) in [6.45, 7) is 2.22. The largest absolute Gasteiger partial charge is 0.472 e. The predicted octanol–water partition coefficient (Wildman–Crippen LogP) is 4.39. The van der Waals surface area contributed by atoms with Crippen LogP contribution in [-0.4, -0.2) is 42.9 Å². The Morgan fingerprint density at radius 3 is 2.52 bits per heavy atom. The summed E-state index contributed by atoms with van der Waals surface area (Å²) in [5.41, 5.74) is 0.377. The van der Waals surface area contributed by atoms with Crippen molar-refractivity contribution in [2.45, 2.75) is 31.9 Å². The molecule has 1 atom stereocenters. The highest BCUT2D eigenvalue weighted by Crippen LogP contribution is 2.37. The lowest BCUT2D eigenvalue weighted by atomic mass is 9.96. The summed E-state index contributed by atoms with van der Waals surface area (Å²) < 4.78 is 44.8. The molecule has 1 N–H and O–H groups in total. The van der Waals surface area contributed by atoms with Crippen LogP contribution in [0.4, 0.5) is 24.5 Å². The minimum atomic E-state index is -4.50. The molecule has 2 saturated heterocycles. The van der Waals surface area contributed by atoms with Crippen LogP contribution in [0.3, 0.4) is 0 Å². The van der Waals surface area contributed by atoms with Crippen molar-refractivity contribution in [3.63, 3.8) is 0 Å². The number of hydrogen-bond donors (Lipinski definition) is 1. The fourth-order valence-electron chi connectivity index (χ4n) is 4.23. The van der Waals surface area contributed by atoms with E-state index in [0.29, 0.717) is 30.6 Å². The molecule has 2 amide bonds. The van der Waals surface area contributed by atoms with Gasteiger partial charge in [-0.15, -0.1) is 0 Å². The normalized spacial score (nSPS) is 19.5. The smallest absolute Gasteiger partial charge is 0.416 e. The molecule has 6 nitrogen and oxygen atoms in total. The topological polar surface area (TPSA) is 65.8 Å². The third-order valence-corrected chi connectivity index (χ3v) is 5.88. The van der Waals surface area contributed by atoms with Gasteiger partial charge in [-0.3, -0.25) is 9.59 Å². The average Bonchev–Trinajstić information content (AvgIpc) is 3.47. The molecule has 0 aliphatic carbocycles. The molecule has 0 spiro atoms. The highest BCUT2D eigenvalue weighted by Gasteiger charge is 2.33. The number of carbonyl (C=O) groups is 2. The summed E-state index contributed by atoms with van der Waals surface area (Å²) in [4.78, 5) is 29.1. The lowest BCUT2D eigenvalue weighted by molar-refractivity contribution is -0.137. The van der Waals surface area contributed by atoms with E-state index in [9.17, 15) is 22.8 Å². The van der Waals surface area contributed by atoms with Crippen molar-refractivity contribution < 1.29 is 27.2 Å². The number of amides is 2. The number of anilines is 2. The van der Waals surface area contributed by atoms with Crippen LogP contribution in [0, 0.1) is 5.92 Å². The Balaban J connectivity index is 1.52. The molecule has 3 heterocycles. The fraction of sp³-hybridized carbons (Fsp3) is 0.455. The molecule has 0 bridgehead atoms. The summed E-state index contributed by atoms with van der Waals surface area (Å²) in [7, 11) is 0. The van der Waals surface area contributed by atoms with E-state index < -0.39 is 17.7 Å². The zero-order chi connectivity index (χ0) is 22.0. The van der Waals surface area contributed by atoms with E-state index in [1.807, 2.05) is 4.90 Å². The zero-order valence-electron chi connectivity index (χ0n) is 17.0. The van der Waals surface area contributed by atoms with E-state index in [1.165, 1.54) is 18.6 Å². The van der Waals surface area contributed by atoms with Gasteiger partial charge in [0.05, 0.1) is 34.7 Å². The first kappa shape index (κ1) is 21.3. The molecular formula is C22H24F3N3O3. The lowest BCUT2D eigenvalue weighted by Crippen LogP contribution is -2.43. The molecule has 9 heteroatoms. The second kappa shape index (κ2) is 8.64. The minimum Gasteiger partial charge on any atom is -0.472 e. The van der Waals surface area contributed by atoms with E-state index in [1.54, 1.807) is 11.0 Å². The molecule has 1 aromatic carbocycles. The maximum absolute atomic E-state index is 13.3. The number of nitrogens with one attached hydrogen (secondary N) is 1. The first-order chi connectivity index (χ1) is 14.8. The molecule has 31 heavy (non-hydrogen) atoms. The van der Waals surface area contributed by atoms with Crippen molar-refractivity contribution in [2.24, 2.45) is 5.92 Å². The van der Waals surface area contributed by atoms with E-state index >= 15 is 0 Å². The Labute approximate surface area is 178 Å². The van der Waals surface area contributed by atoms with Crippen LogP contribution in [-0.2, 0) is 11.0 Å². The Hall–Kier alpha value is -2.97. The number of likely N-dealkylation sites (tertiary alicyclic amines) is 1. The minimum absolute atomic E-state index is 0.167. The SMILES string of the molecule is O=C(Nc1cc(C(F)(F)F)ccc1N1CCCC1)C1CCCN(C(=O)c2ccoc2)C1. The Morgan fingerprint density at radius 1 is 1.06 bits per heavy atom. The summed E-state index contributed by atoms with van der Waals surface area (Å²) in [6, 6.07) is 5.05. The van der Waals surface area contributed by atoms with Gasteiger partial charge < -0.3 is 19.5 Å². The van der Waals surface area contributed by atoms with E-state index in [0.717, 1.165) is 38.1 Å². The number of benzene rings is 1. The van der Waals surface area contributed by atoms with Crippen LogP contribution in [0.15, 0.2) is 41.2 Å². The molecule has 1 unspecified atom stereocenters. The highest BCUT2D eigenvalue weighted by atomic mass is 19.4. The molecule has 0 radical (unpaired) electrons. The van der Waals surface area contributed by atoms with Gasteiger partial charge in [0.2, 0.25) is 5.91 Å². The Bertz CT molecular complexity index is 937. The summed E-state index contributed by atoms with van der Waals surface area (Å²) >= 11 is 0. The second-order valence-corrected chi connectivity index (χ2v) is 8.02. The highest BCUT2D eigenvalue weighted by molar-refractivity contribution is 5.98. The summed E-state index contributed by atoms with van der Waals surface area (Å²) in [5, 5.41) is 2.73. The van der Waals surface area contributed by atoms with Crippen LogP contribution in [0.25, 0.3) is 0 Å². The number of carbonyl (C=O) groups excluding carboxylic acids is 2. The first-order valence-corrected chi connectivity index (χ1v) is 10.4. The van der Waals surface area contributed by atoms with Gasteiger partial charge in [0.15, 0.2) is 0 Å². The number of nitrogens with zero attached hydrogens (tertiary/aromatic N) is 2. The third kappa shape index (κ3) is 4.70. The second-order valence-electron chi connectivity index (χ2n) is 8.02. The van der Waals surface area contributed by atoms with Crippen molar-refractivity contribution in [3.05, 3.63) is 47.9 Å². The van der Waals surface area contributed by atoms with Crippen LogP contribution < -0.4 is 10.2 Å². The van der Waals surface area contributed by atoms with Crippen LogP contribution >= 0.6 is 0 Å².